The van der Waals surface area contributed by atoms with E-state index in [1.807, 2.05) is 60.9 Å². The summed E-state index contributed by atoms with van der Waals surface area (Å²) in [5.74, 6) is 1.38. The number of methoxy groups -OCH3 is 1. The van der Waals surface area contributed by atoms with Gasteiger partial charge in [0.1, 0.15) is 0 Å². The van der Waals surface area contributed by atoms with E-state index < -0.39 is 5.97 Å². The van der Waals surface area contributed by atoms with Crippen molar-refractivity contribution in [3.05, 3.63) is 89.2 Å². The fraction of sp³-hybridized carbons (Fsp3) is 0.130. The predicted molar refractivity (Wildman–Crippen MR) is 115 cm³/mol. The maximum absolute atomic E-state index is 12.4. The smallest absolute Gasteiger partial charge is 0.343 e. The van der Waals surface area contributed by atoms with Crippen LogP contribution in [0, 0.1) is 0 Å². The van der Waals surface area contributed by atoms with E-state index in [2.05, 4.69) is 4.98 Å². The molecule has 0 N–H and O–H groups in total. The molecule has 0 bridgehead atoms. The summed E-state index contributed by atoms with van der Waals surface area (Å²) in [7, 11) is 1.55. The van der Waals surface area contributed by atoms with Crippen LogP contribution in [0.5, 0.6) is 11.5 Å². The zero-order valence-corrected chi connectivity index (χ0v) is 16.6. The van der Waals surface area contributed by atoms with Crippen molar-refractivity contribution in [3.63, 3.8) is 0 Å². The third kappa shape index (κ3) is 5.24. The number of hydrogen-bond donors (Lipinski definition) is 0. The molecular formula is C23H21NO3S. The van der Waals surface area contributed by atoms with Gasteiger partial charge in [-0.2, -0.15) is 11.8 Å². The van der Waals surface area contributed by atoms with Gasteiger partial charge in [0.05, 0.1) is 18.4 Å². The maximum Gasteiger partial charge on any atom is 0.343 e. The van der Waals surface area contributed by atoms with Crippen LogP contribution in [0.25, 0.3) is 12.2 Å². The molecule has 1 aromatic heterocycles. The molecule has 0 fully saturated rings. The molecule has 0 aliphatic heterocycles. The van der Waals surface area contributed by atoms with Crippen molar-refractivity contribution in [2.75, 3.05) is 13.4 Å². The van der Waals surface area contributed by atoms with Crippen LogP contribution >= 0.6 is 11.8 Å². The summed E-state index contributed by atoms with van der Waals surface area (Å²) in [6, 6.07) is 18.6. The van der Waals surface area contributed by atoms with E-state index in [1.165, 1.54) is 5.56 Å². The van der Waals surface area contributed by atoms with Crippen molar-refractivity contribution in [2.45, 2.75) is 5.75 Å². The van der Waals surface area contributed by atoms with Crippen LogP contribution in [0.15, 0.2) is 66.9 Å². The number of aromatic nitrogens is 1. The second-order valence-electron chi connectivity index (χ2n) is 6.02. The molecular weight excluding hydrogens is 370 g/mol. The average molecular weight is 391 g/mol. The number of pyridine rings is 1. The Kier molecular flexibility index (Phi) is 6.87. The van der Waals surface area contributed by atoms with Crippen LogP contribution in [0.1, 0.15) is 27.2 Å². The quantitative estimate of drug-likeness (QED) is 0.402. The van der Waals surface area contributed by atoms with E-state index in [1.54, 1.807) is 43.3 Å². The minimum Gasteiger partial charge on any atom is -0.493 e. The third-order valence-corrected chi connectivity index (χ3v) is 4.65. The normalized spacial score (nSPS) is 10.8. The highest BCUT2D eigenvalue weighted by atomic mass is 32.2. The van der Waals surface area contributed by atoms with Crippen molar-refractivity contribution in [2.24, 2.45) is 0 Å². The van der Waals surface area contributed by atoms with Crippen LogP contribution in [-0.2, 0) is 5.75 Å². The molecule has 2 aromatic carbocycles. The monoisotopic (exact) mass is 391 g/mol. The third-order valence-electron chi connectivity index (χ3n) is 4.03. The topological polar surface area (TPSA) is 48.4 Å². The molecule has 0 radical (unpaired) electrons. The van der Waals surface area contributed by atoms with Crippen molar-refractivity contribution in [1.82, 2.24) is 4.98 Å². The zero-order chi connectivity index (χ0) is 19.8. The first-order valence-electron chi connectivity index (χ1n) is 8.77. The summed E-state index contributed by atoms with van der Waals surface area (Å²) in [6.07, 6.45) is 7.64. The number of esters is 1. The number of ether oxygens (including phenoxy) is 2. The highest BCUT2D eigenvalue weighted by Crippen LogP contribution is 2.29. The van der Waals surface area contributed by atoms with Gasteiger partial charge < -0.3 is 9.47 Å². The van der Waals surface area contributed by atoms with Crippen molar-refractivity contribution in [3.8, 4) is 11.5 Å². The van der Waals surface area contributed by atoms with Crippen LogP contribution in [0.2, 0.25) is 0 Å². The molecule has 0 aliphatic carbocycles. The first kappa shape index (κ1) is 19.7. The maximum atomic E-state index is 12.4. The highest BCUT2D eigenvalue weighted by Gasteiger charge is 2.12. The lowest BCUT2D eigenvalue weighted by molar-refractivity contribution is 0.0729. The highest BCUT2D eigenvalue weighted by molar-refractivity contribution is 7.97. The number of rotatable bonds is 7. The SMILES string of the molecule is COc1cc(/C=C/c2ccccn2)ccc1OC(=O)c1ccc(CSC)cc1. The molecule has 0 amide bonds. The number of nitrogens with zero attached hydrogens (tertiary/aromatic N) is 1. The number of carbonyl (C=O) groups excluding carboxylic acids is 1. The summed E-state index contributed by atoms with van der Waals surface area (Å²) in [6.45, 7) is 0. The first-order chi connectivity index (χ1) is 13.7. The van der Waals surface area contributed by atoms with Gasteiger partial charge in [0, 0.05) is 11.9 Å². The molecule has 0 saturated heterocycles. The van der Waals surface area contributed by atoms with Gasteiger partial charge in [0.15, 0.2) is 11.5 Å². The number of carbonyl (C=O) groups is 1. The molecule has 0 saturated carbocycles. The van der Waals surface area contributed by atoms with Crippen LogP contribution in [-0.4, -0.2) is 24.3 Å². The van der Waals surface area contributed by atoms with Gasteiger partial charge in [-0.05, 0) is 59.9 Å². The Hall–Kier alpha value is -3.05. The Balaban J connectivity index is 1.73. The summed E-state index contributed by atoms with van der Waals surface area (Å²) < 4.78 is 10.9. The van der Waals surface area contributed by atoms with Crippen molar-refractivity contribution in [1.29, 1.82) is 0 Å². The first-order valence-corrected chi connectivity index (χ1v) is 10.2. The van der Waals surface area contributed by atoms with Gasteiger partial charge >= 0.3 is 5.97 Å². The van der Waals surface area contributed by atoms with Gasteiger partial charge in [0.25, 0.3) is 0 Å². The van der Waals surface area contributed by atoms with Crippen molar-refractivity contribution < 1.29 is 14.3 Å². The summed E-state index contributed by atoms with van der Waals surface area (Å²) >= 11 is 1.74. The van der Waals surface area contributed by atoms with Crippen LogP contribution in [0.4, 0.5) is 0 Å². The van der Waals surface area contributed by atoms with Crippen LogP contribution in [0.3, 0.4) is 0 Å². The molecule has 28 heavy (non-hydrogen) atoms. The predicted octanol–water partition coefficient (Wildman–Crippen LogP) is 5.34. The zero-order valence-electron chi connectivity index (χ0n) is 15.8. The lowest BCUT2D eigenvalue weighted by Crippen LogP contribution is -2.09. The second kappa shape index (κ2) is 9.76. The number of thioether (sulfide) groups is 1. The number of benzene rings is 2. The summed E-state index contributed by atoms with van der Waals surface area (Å²) in [4.78, 5) is 16.7. The summed E-state index contributed by atoms with van der Waals surface area (Å²) in [5, 5.41) is 0. The Bertz CT molecular complexity index is 953. The van der Waals surface area contributed by atoms with Crippen molar-refractivity contribution >= 4 is 29.9 Å². The molecule has 4 nitrogen and oxygen atoms in total. The molecule has 3 aromatic rings. The Morgan fingerprint density at radius 2 is 1.86 bits per heavy atom. The molecule has 0 spiro atoms. The second-order valence-corrected chi connectivity index (χ2v) is 6.88. The fourth-order valence-electron chi connectivity index (χ4n) is 2.59. The molecule has 3 rings (SSSR count). The average Bonchev–Trinajstić information content (AvgIpc) is 2.74. The van der Waals surface area contributed by atoms with E-state index in [-0.39, 0.29) is 0 Å². The van der Waals surface area contributed by atoms with Gasteiger partial charge in [-0.3, -0.25) is 4.98 Å². The van der Waals surface area contributed by atoms with Gasteiger partial charge in [-0.1, -0.05) is 30.3 Å². The number of hydrogen-bond acceptors (Lipinski definition) is 5. The molecule has 142 valence electrons. The van der Waals surface area contributed by atoms with E-state index in [9.17, 15) is 4.79 Å². The van der Waals surface area contributed by atoms with Gasteiger partial charge in [-0.15, -0.1) is 0 Å². The largest absolute Gasteiger partial charge is 0.493 e. The lowest BCUT2D eigenvalue weighted by Gasteiger charge is -2.10. The Morgan fingerprint density at radius 3 is 2.54 bits per heavy atom. The van der Waals surface area contributed by atoms with Gasteiger partial charge in [-0.25, -0.2) is 4.79 Å². The lowest BCUT2D eigenvalue weighted by atomic mass is 10.1. The standard InChI is InChI=1S/C23H21NO3S/c1-26-22-15-17(8-12-20-5-3-4-14-24-20)9-13-21(22)27-23(25)19-10-6-18(7-11-19)16-28-2/h3-15H,16H2,1-2H3/b12-8+. The minimum absolute atomic E-state index is 0.385. The molecule has 1 heterocycles. The Morgan fingerprint density at radius 1 is 1.04 bits per heavy atom. The van der Waals surface area contributed by atoms with E-state index in [4.69, 9.17) is 9.47 Å². The summed E-state index contributed by atoms with van der Waals surface area (Å²) in [5.41, 5.74) is 3.46. The van der Waals surface area contributed by atoms with Gasteiger partial charge in [0.2, 0.25) is 0 Å². The Labute approximate surface area is 169 Å². The fourth-order valence-corrected chi connectivity index (χ4v) is 3.12. The van der Waals surface area contributed by atoms with Crippen LogP contribution < -0.4 is 9.47 Å². The molecule has 0 unspecified atom stereocenters. The van der Waals surface area contributed by atoms with E-state index in [0.29, 0.717) is 17.1 Å². The van der Waals surface area contributed by atoms with E-state index in [0.717, 1.165) is 17.0 Å². The molecule has 0 aliphatic rings. The molecule has 5 heteroatoms. The minimum atomic E-state index is -0.411. The van der Waals surface area contributed by atoms with E-state index >= 15 is 0 Å². The molecule has 0 atom stereocenters.